The Morgan fingerprint density at radius 2 is 1.84 bits per heavy atom. The Hall–Kier alpha value is -2.60. The molecule has 0 spiro atoms. The van der Waals surface area contributed by atoms with Gasteiger partial charge in [0.1, 0.15) is 12.1 Å². The number of halogens is 1. The van der Waals surface area contributed by atoms with E-state index in [-0.39, 0.29) is 23.9 Å². The van der Waals surface area contributed by atoms with Gasteiger partial charge in [-0.2, -0.15) is 0 Å². The molecule has 1 saturated carbocycles. The highest BCUT2D eigenvalue weighted by molar-refractivity contribution is 5.25. The summed E-state index contributed by atoms with van der Waals surface area (Å²) in [6.07, 6.45) is 3.52. The second kappa shape index (κ2) is 7.11. The fourth-order valence-corrected chi connectivity index (χ4v) is 3.65. The van der Waals surface area contributed by atoms with Crippen LogP contribution in [0.3, 0.4) is 0 Å². The van der Waals surface area contributed by atoms with Gasteiger partial charge in [-0.05, 0) is 46.5 Å². The third-order valence-electron chi connectivity index (χ3n) is 4.83. The van der Waals surface area contributed by atoms with Crippen molar-refractivity contribution < 1.29 is 9.13 Å². The van der Waals surface area contributed by atoms with Gasteiger partial charge in [-0.25, -0.2) is 9.07 Å². The maximum atomic E-state index is 13.3. The molecule has 0 saturated heterocycles. The molecule has 0 radical (unpaired) electrons. The zero-order valence-electron chi connectivity index (χ0n) is 13.7. The first kappa shape index (κ1) is 15.9. The Morgan fingerprint density at radius 1 is 1.04 bits per heavy atom. The average molecular weight is 338 g/mol. The summed E-state index contributed by atoms with van der Waals surface area (Å²) in [6, 6.07) is 16.9. The van der Waals surface area contributed by atoms with E-state index in [4.69, 9.17) is 4.74 Å². The van der Waals surface area contributed by atoms with Crippen molar-refractivity contribution in [2.24, 2.45) is 0 Å². The van der Waals surface area contributed by atoms with E-state index >= 15 is 0 Å². The van der Waals surface area contributed by atoms with Crippen molar-refractivity contribution >= 4 is 0 Å². The van der Waals surface area contributed by atoms with Crippen LogP contribution in [0, 0.1) is 5.82 Å². The molecular weight excluding hydrogens is 319 g/mol. The van der Waals surface area contributed by atoms with E-state index in [9.17, 15) is 4.39 Å². The molecule has 5 nitrogen and oxygen atoms in total. The molecule has 0 aliphatic heterocycles. The number of benzene rings is 2. The summed E-state index contributed by atoms with van der Waals surface area (Å²) in [5.74, 6) is -0.143. The Balaban J connectivity index is 1.58. The molecule has 6 heteroatoms. The monoisotopic (exact) mass is 338 g/mol. The van der Waals surface area contributed by atoms with E-state index in [1.165, 1.54) is 12.1 Å². The molecule has 4 rings (SSSR count). The second-order valence-electron chi connectivity index (χ2n) is 6.35. The summed E-state index contributed by atoms with van der Waals surface area (Å²) in [5, 5.41) is 11.6. The van der Waals surface area contributed by atoms with Crippen LogP contribution >= 0.6 is 0 Å². The largest absolute Gasteiger partial charge is 0.373 e. The predicted octanol–water partition coefficient (Wildman–Crippen LogP) is 3.52. The molecule has 1 aliphatic carbocycles. The molecule has 0 amide bonds. The van der Waals surface area contributed by atoms with Gasteiger partial charge in [-0.15, -0.1) is 5.10 Å². The highest BCUT2D eigenvalue weighted by atomic mass is 19.1. The highest BCUT2D eigenvalue weighted by Crippen LogP contribution is 2.44. The van der Waals surface area contributed by atoms with Gasteiger partial charge in [0.2, 0.25) is 0 Å². The minimum absolute atomic E-state index is 0.0415. The van der Waals surface area contributed by atoms with Crippen molar-refractivity contribution in [1.29, 1.82) is 0 Å². The first-order valence-electron chi connectivity index (χ1n) is 8.45. The van der Waals surface area contributed by atoms with Crippen molar-refractivity contribution in [3.8, 4) is 0 Å². The van der Waals surface area contributed by atoms with Crippen LogP contribution in [-0.2, 0) is 11.3 Å². The standard InChI is InChI=1S/C19H19FN4O/c20-16-8-6-15(7-9-16)19-17(24-13-21-22-23-24)10-11-18(19)25-12-14-4-2-1-3-5-14/h1-9,13,17-19H,10-12H2/t17-,18+,19-/m1/s1. The van der Waals surface area contributed by atoms with Crippen molar-refractivity contribution in [2.75, 3.05) is 0 Å². The first-order chi connectivity index (χ1) is 12.3. The number of rotatable bonds is 5. The molecular formula is C19H19FN4O. The minimum atomic E-state index is -0.234. The molecule has 0 N–H and O–H groups in total. The molecule has 3 aromatic rings. The molecule has 0 bridgehead atoms. The lowest BCUT2D eigenvalue weighted by Gasteiger charge is -2.25. The third-order valence-corrected chi connectivity index (χ3v) is 4.83. The van der Waals surface area contributed by atoms with Crippen LogP contribution in [0.1, 0.15) is 35.9 Å². The number of hydrogen-bond donors (Lipinski definition) is 0. The molecule has 1 heterocycles. The summed E-state index contributed by atoms with van der Waals surface area (Å²) in [4.78, 5) is 0. The fraction of sp³-hybridized carbons (Fsp3) is 0.316. The summed E-state index contributed by atoms with van der Waals surface area (Å²) < 4.78 is 21.4. The Kier molecular flexibility index (Phi) is 4.52. The number of aromatic nitrogens is 4. The van der Waals surface area contributed by atoms with Gasteiger partial charge in [0.25, 0.3) is 0 Å². The zero-order chi connectivity index (χ0) is 17.1. The summed E-state index contributed by atoms with van der Waals surface area (Å²) in [5.41, 5.74) is 2.20. The van der Waals surface area contributed by atoms with Crippen molar-refractivity contribution in [1.82, 2.24) is 20.2 Å². The van der Waals surface area contributed by atoms with Crippen LogP contribution in [0.4, 0.5) is 4.39 Å². The van der Waals surface area contributed by atoms with Gasteiger partial charge in [-0.1, -0.05) is 42.5 Å². The van der Waals surface area contributed by atoms with Crippen molar-refractivity contribution in [3.63, 3.8) is 0 Å². The van der Waals surface area contributed by atoms with E-state index in [2.05, 4.69) is 27.7 Å². The maximum Gasteiger partial charge on any atom is 0.138 e. The SMILES string of the molecule is Fc1ccc([C@H]2[C@@H](OCc3ccccc3)CC[C@H]2n2cnnn2)cc1. The van der Waals surface area contributed by atoms with Crippen LogP contribution < -0.4 is 0 Å². The average Bonchev–Trinajstić information content (AvgIpc) is 3.31. The molecule has 2 aromatic carbocycles. The minimum Gasteiger partial charge on any atom is -0.373 e. The molecule has 1 aromatic heterocycles. The quantitative estimate of drug-likeness (QED) is 0.714. The molecule has 3 atom stereocenters. The molecule has 1 aliphatic rings. The van der Waals surface area contributed by atoms with Gasteiger partial charge in [0.15, 0.2) is 0 Å². The zero-order valence-corrected chi connectivity index (χ0v) is 13.7. The van der Waals surface area contributed by atoms with E-state index in [1.807, 2.05) is 30.3 Å². The van der Waals surface area contributed by atoms with Gasteiger partial charge in [0, 0.05) is 5.92 Å². The van der Waals surface area contributed by atoms with Crippen molar-refractivity contribution in [2.45, 2.75) is 37.5 Å². The normalized spacial score (nSPS) is 23.0. The lowest BCUT2D eigenvalue weighted by atomic mass is 9.92. The first-order valence-corrected chi connectivity index (χ1v) is 8.45. The van der Waals surface area contributed by atoms with Crippen LogP contribution in [-0.4, -0.2) is 26.3 Å². The summed E-state index contributed by atoms with van der Waals surface area (Å²) in [7, 11) is 0. The van der Waals surface area contributed by atoms with Crippen LogP contribution in [0.5, 0.6) is 0 Å². The Labute approximate surface area is 145 Å². The number of ether oxygens (including phenoxy) is 1. The summed E-state index contributed by atoms with van der Waals surface area (Å²) >= 11 is 0. The third kappa shape index (κ3) is 3.44. The van der Waals surface area contributed by atoms with E-state index in [0.717, 1.165) is 24.0 Å². The molecule has 25 heavy (non-hydrogen) atoms. The predicted molar refractivity (Wildman–Crippen MR) is 90.2 cm³/mol. The van der Waals surface area contributed by atoms with E-state index < -0.39 is 0 Å². The van der Waals surface area contributed by atoms with Gasteiger partial charge < -0.3 is 4.74 Å². The smallest absolute Gasteiger partial charge is 0.138 e. The number of hydrogen-bond acceptors (Lipinski definition) is 4. The van der Waals surface area contributed by atoms with Gasteiger partial charge in [0.05, 0.1) is 18.8 Å². The molecule has 0 unspecified atom stereocenters. The number of tetrazole rings is 1. The lowest BCUT2D eigenvalue weighted by molar-refractivity contribution is 0.0299. The van der Waals surface area contributed by atoms with Gasteiger partial charge in [-0.3, -0.25) is 0 Å². The molecule has 1 fully saturated rings. The Bertz CT molecular complexity index is 792. The van der Waals surface area contributed by atoms with Crippen molar-refractivity contribution in [3.05, 3.63) is 77.9 Å². The Morgan fingerprint density at radius 3 is 2.56 bits per heavy atom. The van der Waals surface area contributed by atoms with Crippen LogP contribution in [0.15, 0.2) is 60.9 Å². The van der Waals surface area contributed by atoms with Crippen LogP contribution in [0.2, 0.25) is 0 Å². The molecule has 128 valence electrons. The topological polar surface area (TPSA) is 52.8 Å². The second-order valence-corrected chi connectivity index (χ2v) is 6.35. The highest BCUT2D eigenvalue weighted by Gasteiger charge is 2.39. The summed E-state index contributed by atoms with van der Waals surface area (Å²) in [6.45, 7) is 0.561. The number of nitrogens with zero attached hydrogens (tertiary/aromatic N) is 4. The fourth-order valence-electron chi connectivity index (χ4n) is 3.65. The van der Waals surface area contributed by atoms with E-state index in [1.54, 1.807) is 11.0 Å². The lowest BCUT2D eigenvalue weighted by Crippen LogP contribution is -2.23. The van der Waals surface area contributed by atoms with Gasteiger partial charge >= 0.3 is 0 Å². The van der Waals surface area contributed by atoms with Crippen LogP contribution in [0.25, 0.3) is 0 Å². The van der Waals surface area contributed by atoms with E-state index in [0.29, 0.717) is 6.61 Å². The maximum absolute atomic E-state index is 13.3.